The lowest BCUT2D eigenvalue weighted by molar-refractivity contribution is 0.332. The zero-order valence-corrected chi connectivity index (χ0v) is 14.6. The largest absolute Gasteiger partial charge is 0.496 e. The van der Waals surface area contributed by atoms with Gasteiger partial charge in [-0.15, -0.1) is 0 Å². The quantitative estimate of drug-likeness (QED) is 0.766. The van der Waals surface area contributed by atoms with Crippen LogP contribution in [0, 0.1) is 18.8 Å². The van der Waals surface area contributed by atoms with Crippen molar-refractivity contribution < 1.29 is 4.74 Å². The van der Waals surface area contributed by atoms with Crippen molar-refractivity contribution in [2.24, 2.45) is 11.8 Å². The molecule has 2 atom stereocenters. The average molecular weight is 340 g/mol. The Morgan fingerprint density at radius 1 is 1.40 bits per heavy atom. The molecular formula is C17H26BrNO. The van der Waals surface area contributed by atoms with E-state index in [1.807, 2.05) is 0 Å². The van der Waals surface area contributed by atoms with Crippen LogP contribution in [-0.4, -0.2) is 13.7 Å². The lowest BCUT2D eigenvalue weighted by Crippen LogP contribution is -2.29. The van der Waals surface area contributed by atoms with Crippen molar-refractivity contribution in [1.29, 1.82) is 0 Å². The first kappa shape index (κ1) is 15.8. The summed E-state index contributed by atoms with van der Waals surface area (Å²) in [6, 6.07) is 4.76. The highest BCUT2D eigenvalue weighted by Gasteiger charge is 2.35. The first-order valence-corrected chi connectivity index (χ1v) is 8.45. The fourth-order valence-electron chi connectivity index (χ4n) is 2.86. The summed E-state index contributed by atoms with van der Waals surface area (Å²) in [5, 5.41) is 3.73. The number of benzene rings is 1. The van der Waals surface area contributed by atoms with Crippen LogP contribution in [0.1, 0.15) is 50.3 Å². The van der Waals surface area contributed by atoms with Gasteiger partial charge >= 0.3 is 0 Å². The Bertz CT molecular complexity index is 457. The van der Waals surface area contributed by atoms with Gasteiger partial charge in [-0.25, -0.2) is 0 Å². The molecular weight excluding hydrogens is 314 g/mol. The summed E-state index contributed by atoms with van der Waals surface area (Å²) in [4.78, 5) is 0. The van der Waals surface area contributed by atoms with Crippen LogP contribution in [0.5, 0.6) is 5.75 Å². The highest BCUT2D eigenvalue weighted by molar-refractivity contribution is 9.10. The Balaban J connectivity index is 2.33. The first-order chi connectivity index (χ1) is 9.58. The normalized spacial score (nSPS) is 17.9. The lowest BCUT2D eigenvalue weighted by atomic mass is 9.89. The molecule has 1 aromatic rings. The number of rotatable bonds is 7. The fraction of sp³-hybridized carbons (Fsp3) is 0.647. The highest BCUT2D eigenvalue weighted by atomic mass is 79.9. The van der Waals surface area contributed by atoms with E-state index in [1.54, 1.807) is 7.11 Å². The molecule has 1 N–H and O–H groups in total. The Hall–Kier alpha value is -0.540. The van der Waals surface area contributed by atoms with E-state index in [2.05, 4.69) is 54.2 Å². The van der Waals surface area contributed by atoms with E-state index < -0.39 is 0 Å². The van der Waals surface area contributed by atoms with Gasteiger partial charge in [-0.1, -0.05) is 29.8 Å². The second-order valence-electron chi connectivity index (χ2n) is 5.97. The SMILES string of the molecule is CCCNC(c1cc(Br)c(C)cc1OC)C(C)C1CC1. The molecule has 0 radical (unpaired) electrons. The Labute approximate surface area is 131 Å². The van der Waals surface area contributed by atoms with Crippen molar-refractivity contribution in [3.63, 3.8) is 0 Å². The molecule has 112 valence electrons. The summed E-state index contributed by atoms with van der Waals surface area (Å²) in [7, 11) is 1.77. The number of ether oxygens (including phenoxy) is 1. The van der Waals surface area contributed by atoms with Gasteiger partial charge in [0.15, 0.2) is 0 Å². The van der Waals surface area contributed by atoms with E-state index in [-0.39, 0.29) is 0 Å². The molecule has 0 bridgehead atoms. The topological polar surface area (TPSA) is 21.3 Å². The van der Waals surface area contributed by atoms with Crippen molar-refractivity contribution in [3.05, 3.63) is 27.7 Å². The second kappa shape index (κ2) is 6.95. The third-order valence-electron chi connectivity index (χ3n) is 4.35. The summed E-state index contributed by atoms with van der Waals surface area (Å²) in [5.41, 5.74) is 2.51. The summed E-state index contributed by atoms with van der Waals surface area (Å²) < 4.78 is 6.80. The van der Waals surface area contributed by atoms with E-state index in [1.165, 1.54) is 28.4 Å². The molecule has 0 spiro atoms. The van der Waals surface area contributed by atoms with Crippen LogP contribution < -0.4 is 10.1 Å². The number of hydrogen-bond donors (Lipinski definition) is 1. The third kappa shape index (κ3) is 3.56. The van der Waals surface area contributed by atoms with Crippen LogP contribution in [0.3, 0.4) is 0 Å². The van der Waals surface area contributed by atoms with Crippen LogP contribution >= 0.6 is 15.9 Å². The van der Waals surface area contributed by atoms with Gasteiger partial charge < -0.3 is 10.1 Å². The van der Waals surface area contributed by atoms with Crippen molar-refractivity contribution >= 4 is 15.9 Å². The van der Waals surface area contributed by atoms with Crippen molar-refractivity contribution in [3.8, 4) is 5.75 Å². The highest BCUT2D eigenvalue weighted by Crippen LogP contribution is 2.45. The number of hydrogen-bond acceptors (Lipinski definition) is 2. The van der Waals surface area contributed by atoms with Gasteiger partial charge in [0.25, 0.3) is 0 Å². The fourth-order valence-corrected chi connectivity index (χ4v) is 3.22. The predicted octanol–water partition coefficient (Wildman–Crippen LogP) is 4.85. The maximum Gasteiger partial charge on any atom is 0.123 e. The Morgan fingerprint density at radius 3 is 2.65 bits per heavy atom. The molecule has 0 amide bonds. The lowest BCUT2D eigenvalue weighted by Gasteiger charge is -2.28. The summed E-state index contributed by atoms with van der Waals surface area (Å²) >= 11 is 3.66. The van der Waals surface area contributed by atoms with E-state index in [9.17, 15) is 0 Å². The molecule has 2 rings (SSSR count). The minimum Gasteiger partial charge on any atom is -0.496 e. The first-order valence-electron chi connectivity index (χ1n) is 7.65. The average Bonchev–Trinajstić information content (AvgIpc) is 3.26. The number of nitrogens with one attached hydrogen (secondary N) is 1. The molecule has 1 aromatic carbocycles. The minimum atomic E-state index is 0.384. The molecule has 1 saturated carbocycles. The van der Waals surface area contributed by atoms with Crippen molar-refractivity contribution in [1.82, 2.24) is 5.32 Å². The Kier molecular flexibility index (Phi) is 5.50. The predicted molar refractivity (Wildman–Crippen MR) is 88.4 cm³/mol. The molecule has 0 heterocycles. The number of methoxy groups -OCH3 is 1. The maximum atomic E-state index is 5.63. The minimum absolute atomic E-state index is 0.384. The molecule has 1 fully saturated rings. The third-order valence-corrected chi connectivity index (χ3v) is 5.21. The van der Waals surface area contributed by atoms with Gasteiger partial charge in [0.05, 0.1) is 7.11 Å². The second-order valence-corrected chi connectivity index (χ2v) is 6.83. The maximum absolute atomic E-state index is 5.63. The number of halogens is 1. The van der Waals surface area contributed by atoms with Gasteiger partial charge in [0, 0.05) is 16.1 Å². The van der Waals surface area contributed by atoms with Crippen LogP contribution in [0.25, 0.3) is 0 Å². The summed E-state index contributed by atoms with van der Waals surface area (Å²) in [6.45, 7) is 7.75. The van der Waals surface area contributed by atoms with Gasteiger partial charge in [0.2, 0.25) is 0 Å². The monoisotopic (exact) mass is 339 g/mol. The van der Waals surface area contributed by atoms with Crippen LogP contribution in [0.2, 0.25) is 0 Å². The molecule has 2 unspecified atom stereocenters. The van der Waals surface area contributed by atoms with Crippen molar-refractivity contribution in [2.45, 2.75) is 46.1 Å². The molecule has 3 heteroatoms. The van der Waals surface area contributed by atoms with E-state index >= 15 is 0 Å². The van der Waals surface area contributed by atoms with Crippen LogP contribution in [-0.2, 0) is 0 Å². The summed E-state index contributed by atoms with van der Waals surface area (Å²) in [5.74, 6) is 2.53. The van der Waals surface area contributed by atoms with E-state index in [0.717, 1.165) is 24.6 Å². The summed E-state index contributed by atoms with van der Waals surface area (Å²) in [6.07, 6.45) is 3.91. The molecule has 2 nitrogen and oxygen atoms in total. The molecule has 0 aliphatic heterocycles. The van der Waals surface area contributed by atoms with Gasteiger partial charge in [-0.05, 0) is 62.3 Å². The molecule has 20 heavy (non-hydrogen) atoms. The van der Waals surface area contributed by atoms with Gasteiger partial charge in [-0.3, -0.25) is 0 Å². The zero-order chi connectivity index (χ0) is 14.7. The molecule has 0 saturated heterocycles. The zero-order valence-electron chi connectivity index (χ0n) is 13.0. The molecule has 1 aliphatic rings. The molecule has 1 aliphatic carbocycles. The van der Waals surface area contributed by atoms with Crippen molar-refractivity contribution in [2.75, 3.05) is 13.7 Å². The van der Waals surface area contributed by atoms with Crippen LogP contribution in [0.4, 0.5) is 0 Å². The van der Waals surface area contributed by atoms with Gasteiger partial charge in [0.1, 0.15) is 5.75 Å². The molecule has 0 aromatic heterocycles. The standard InChI is InChI=1S/C17H26BrNO/c1-5-8-19-17(12(3)13-6-7-13)14-10-15(18)11(2)9-16(14)20-4/h9-10,12-13,17,19H,5-8H2,1-4H3. The van der Waals surface area contributed by atoms with Crippen LogP contribution in [0.15, 0.2) is 16.6 Å². The van der Waals surface area contributed by atoms with E-state index in [4.69, 9.17) is 4.74 Å². The smallest absolute Gasteiger partial charge is 0.123 e. The van der Waals surface area contributed by atoms with E-state index in [0.29, 0.717) is 12.0 Å². The van der Waals surface area contributed by atoms with Gasteiger partial charge in [-0.2, -0.15) is 0 Å². The Morgan fingerprint density at radius 2 is 2.10 bits per heavy atom. The number of aryl methyl sites for hydroxylation is 1.